The van der Waals surface area contributed by atoms with E-state index in [0.29, 0.717) is 0 Å². The fourth-order valence-electron chi connectivity index (χ4n) is 0.455. The van der Waals surface area contributed by atoms with Gasteiger partial charge in [-0.05, 0) is 5.53 Å². The second-order valence-electron chi connectivity index (χ2n) is 2.30. The molecule has 70 valence electrons. The highest BCUT2D eigenvalue weighted by Crippen LogP contribution is 2.36. The zero-order chi connectivity index (χ0) is 9.83. The summed E-state index contributed by atoms with van der Waals surface area (Å²) in [7, 11) is 0. The second kappa shape index (κ2) is 3.62. The molecule has 0 aromatic rings. The van der Waals surface area contributed by atoms with E-state index in [1.807, 2.05) is 0 Å². The molecule has 0 spiro atoms. The Balaban J connectivity index is 4.13. The highest BCUT2D eigenvalue weighted by molar-refractivity contribution is 4.80. The number of hydrogen-bond acceptors (Lipinski definition) is 1. The van der Waals surface area contributed by atoms with Gasteiger partial charge in [0.05, 0.1) is 0 Å². The fourth-order valence-corrected chi connectivity index (χ4v) is 0.455. The van der Waals surface area contributed by atoms with Crippen molar-refractivity contribution < 1.29 is 17.6 Å². The van der Waals surface area contributed by atoms with Gasteiger partial charge in [0.2, 0.25) is 0 Å². The van der Waals surface area contributed by atoms with Gasteiger partial charge in [-0.15, -0.1) is 0 Å². The molecule has 0 N–H and O–H groups in total. The summed E-state index contributed by atoms with van der Waals surface area (Å²) in [5.41, 5.74) is 7.69. The fraction of sp³-hybridized carbons (Fsp3) is 1.00. The first-order chi connectivity index (χ1) is 5.31. The molecule has 7 heteroatoms. The van der Waals surface area contributed by atoms with Gasteiger partial charge in [-0.2, -0.15) is 8.78 Å². The minimum absolute atomic E-state index is 0.128. The van der Waals surface area contributed by atoms with Crippen LogP contribution in [0, 0.1) is 0 Å². The first kappa shape index (κ1) is 11.0. The van der Waals surface area contributed by atoms with Crippen LogP contribution in [0.3, 0.4) is 0 Å². The molecular weight excluding hydrogens is 178 g/mol. The lowest BCUT2D eigenvalue weighted by atomic mass is 10.1. The molecule has 0 fully saturated rings. The third-order valence-electron chi connectivity index (χ3n) is 1.23. The maximum atomic E-state index is 12.3. The molecular formula is C5H7F4N3. The molecule has 0 saturated heterocycles. The predicted octanol–water partition coefficient (Wildman–Crippen LogP) is 2.98. The van der Waals surface area contributed by atoms with Gasteiger partial charge in [-0.1, -0.05) is 5.11 Å². The normalized spacial score (nSPS) is 12.4. The third-order valence-corrected chi connectivity index (χ3v) is 1.23. The van der Waals surface area contributed by atoms with Gasteiger partial charge in [0.15, 0.2) is 0 Å². The van der Waals surface area contributed by atoms with E-state index in [0.717, 1.165) is 0 Å². The highest BCUT2D eigenvalue weighted by Gasteiger charge is 2.51. The summed E-state index contributed by atoms with van der Waals surface area (Å²) in [5.74, 6) is -8.18. The number of hydrogen-bond donors (Lipinski definition) is 0. The quantitative estimate of drug-likeness (QED) is 0.280. The summed E-state index contributed by atoms with van der Waals surface area (Å²) in [4.78, 5) is 2.17. The average Bonchev–Trinajstić information content (AvgIpc) is 1.85. The molecule has 0 aliphatic carbocycles. The van der Waals surface area contributed by atoms with Gasteiger partial charge < -0.3 is 0 Å². The Kier molecular flexibility index (Phi) is 3.33. The molecule has 0 aromatic carbocycles. The van der Waals surface area contributed by atoms with E-state index in [2.05, 4.69) is 10.0 Å². The zero-order valence-corrected chi connectivity index (χ0v) is 6.27. The Morgan fingerprint density at radius 3 is 2.17 bits per heavy atom. The molecule has 0 unspecified atom stereocenters. The molecule has 0 atom stereocenters. The predicted molar refractivity (Wildman–Crippen MR) is 34.2 cm³/mol. The molecule has 0 aliphatic rings. The van der Waals surface area contributed by atoms with Gasteiger partial charge in [-0.3, -0.25) is 0 Å². The van der Waals surface area contributed by atoms with Crippen LogP contribution in [0.5, 0.6) is 0 Å². The van der Waals surface area contributed by atoms with Crippen LogP contribution >= 0.6 is 0 Å². The summed E-state index contributed by atoms with van der Waals surface area (Å²) in [6, 6.07) is 0. The molecule has 12 heavy (non-hydrogen) atoms. The SMILES string of the molecule is CC(F)(F)C(F)(F)CCN=[N+]=[N-]. The van der Waals surface area contributed by atoms with Crippen molar-refractivity contribution in [3.05, 3.63) is 10.4 Å². The van der Waals surface area contributed by atoms with Crippen LogP contribution in [0.1, 0.15) is 13.3 Å². The number of nitrogens with zero attached hydrogens (tertiary/aromatic N) is 3. The van der Waals surface area contributed by atoms with E-state index in [4.69, 9.17) is 5.53 Å². The first-order valence-corrected chi connectivity index (χ1v) is 3.08. The Bertz CT molecular complexity index is 191. The molecule has 3 nitrogen and oxygen atoms in total. The molecule has 0 heterocycles. The van der Waals surface area contributed by atoms with Gasteiger partial charge >= 0.3 is 11.8 Å². The van der Waals surface area contributed by atoms with Crippen molar-refractivity contribution in [2.45, 2.75) is 25.2 Å². The van der Waals surface area contributed by atoms with E-state index in [1.54, 1.807) is 0 Å². The molecule has 0 aromatic heterocycles. The Labute approximate surface area is 66.0 Å². The van der Waals surface area contributed by atoms with Gasteiger partial charge in [0.1, 0.15) is 0 Å². The van der Waals surface area contributed by atoms with Gasteiger partial charge in [0.25, 0.3) is 0 Å². The zero-order valence-electron chi connectivity index (χ0n) is 6.27. The summed E-state index contributed by atoms with van der Waals surface area (Å²) in [6.45, 7) is -0.504. The largest absolute Gasteiger partial charge is 0.310 e. The average molecular weight is 185 g/mol. The van der Waals surface area contributed by atoms with Crippen molar-refractivity contribution in [3.8, 4) is 0 Å². The molecule has 0 aliphatic heterocycles. The summed E-state index contributed by atoms with van der Waals surface area (Å²) >= 11 is 0. The van der Waals surface area contributed by atoms with E-state index < -0.39 is 24.8 Å². The lowest BCUT2D eigenvalue weighted by Gasteiger charge is -2.21. The number of alkyl halides is 4. The van der Waals surface area contributed by atoms with E-state index in [1.165, 1.54) is 0 Å². The van der Waals surface area contributed by atoms with E-state index in [9.17, 15) is 17.6 Å². The molecule has 0 radical (unpaired) electrons. The lowest BCUT2D eigenvalue weighted by molar-refractivity contribution is -0.199. The van der Waals surface area contributed by atoms with Crippen LogP contribution in [0.25, 0.3) is 10.4 Å². The standard InChI is InChI=1S/C5H7F4N3/c1-4(6,7)5(8,9)2-3-11-12-10/h2-3H2,1H3. The van der Waals surface area contributed by atoms with Gasteiger partial charge in [0, 0.05) is 24.8 Å². The van der Waals surface area contributed by atoms with Crippen molar-refractivity contribution in [2.75, 3.05) is 6.54 Å². The van der Waals surface area contributed by atoms with E-state index >= 15 is 0 Å². The molecule has 0 amide bonds. The van der Waals surface area contributed by atoms with Crippen LogP contribution in [-0.2, 0) is 0 Å². The summed E-state index contributed by atoms with van der Waals surface area (Å²) < 4.78 is 48.7. The van der Waals surface area contributed by atoms with Gasteiger partial charge in [-0.25, -0.2) is 8.78 Å². The highest BCUT2D eigenvalue weighted by atomic mass is 19.3. The minimum atomic E-state index is -4.11. The maximum Gasteiger partial charge on any atom is 0.310 e. The van der Waals surface area contributed by atoms with Crippen molar-refractivity contribution in [3.63, 3.8) is 0 Å². The number of azide groups is 1. The van der Waals surface area contributed by atoms with Crippen LogP contribution in [0.15, 0.2) is 5.11 Å². The Morgan fingerprint density at radius 1 is 1.33 bits per heavy atom. The Morgan fingerprint density at radius 2 is 1.83 bits per heavy atom. The Hall–Kier alpha value is -0.970. The molecule has 0 bridgehead atoms. The smallest absolute Gasteiger partial charge is 0.200 e. The van der Waals surface area contributed by atoms with Crippen LogP contribution in [0.2, 0.25) is 0 Å². The maximum absolute atomic E-state index is 12.3. The third kappa shape index (κ3) is 2.96. The molecule has 0 saturated carbocycles. The second-order valence-corrected chi connectivity index (χ2v) is 2.30. The minimum Gasteiger partial charge on any atom is -0.200 e. The first-order valence-electron chi connectivity index (χ1n) is 3.08. The van der Waals surface area contributed by atoms with Crippen molar-refractivity contribution >= 4 is 0 Å². The topological polar surface area (TPSA) is 48.8 Å². The number of rotatable bonds is 4. The summed E-state index contributed by atoms with van der Waals surface area (Å²) in [6.07, 6.45) is -1.14. The van der Waals surface area contributed by atoms with Crippen LogP contribution in [0.4, 0.5) is 17.6 Å². The van der Waals surface area contributed by atoms with E-state index in [-0.39, 0.29) is 6.92 Å². The van der Waals surface area contributed by atoms with Crippen molar-refractivity contribution in [1.29, 1.82) is 0 Å². The number of halogens is 4. The van der Waals surface area contributed by atoms with Crippen molar-refractivity contribution in [2.24, 2.45) is 5.11 Å². The monoisotopic (exact) mass is 185 g/mol. The lowest BCUT2D eigenvalue weighted by Crippen LogP contribution is -2.38. The van der Waals surface area contributed by atoms with Crippen LogP contribution in [-0.4, -0.2) is 18.4 Å². The molecule has 0 rings (SSSR count). The van der Waals surface area contributed by atoms with Crippen molar-refractivity contribution in [1.82, 2.24) is 0 Å². The summed E-state index contributed by atoms with van der Waals surface area (Å²) in [5, 5.41) is 2.74. The van der Waals surface area contributed by atoms with Crippen LogP contribution < -0.4 is 0 Å².